The van der Waals surface area contributed by atoms with E-state index in [4.69, 9.17) is 4.74 Å². The fraction of sp³-hybridized carbons (Fsp3) is 1.00. The summed E-state index contributed by atoms with van der Waals surface area (Å²) >= 11 is 0. The average Bonchev–Trinajstić information content (AvgIpc) is 2.70. The summed E-state index contributed by atoms with van der Waals surface area (Å²) in [6, 6.07) is 0. The van der Waals surface area contributed by atoms with Gasteiger partial charge in [0.05, 0.1) is 17.8 Å². The molecule has 1 aliphatic carbocycles. The van der Waals surface area contributed by atoms with Gasteiger partial charge in [-0.15, -0.1) is 0 Å². The zero-order valence-corrected chi connectivity index (χ0v) is 11.5. The molecule has 2 nitrogen and oxygen atoms in total. The van der Waals surface area contributed by atoms with Gasteiger partial charge in [0.2, 0.25) is 0 Å². The summed E-state index contributed by atoms with van der Waals surface area (Å²) in [6.45, 7) is 4.09. The molecule has 1 heterocycles. The zero-order chi connectivity index (χ0) is 12.3. The van der Waals surface area contributed by atoms with E-state index in [9.17, 15) is 5.11 Å². The Balaban J connectivity index is 1.84. The third-order valence-corrected chi connectivity index (χ3v) is 4.88. The SMILES string of the molecule is CCC(CC1CCC2(CCCCC2)O1)C(C)O. The smallest absolute Gasteiger partial charge is 0.0687 e. The Morgan fingerprint density at radius 1 is 1.24 bits per heavy atom. The Hall–Kier alpha value is -0.0800. The summed E-state index contributed by atoms with van der Waals surface area (Å²) in [4.78, 5) is 0. The van der Waals surface area contributed by atoms with Gasteiger partial charge in [-0.2, -0.15) is 0 Å². The highest BCUT2D eigenvalue weighted by molar-refractivity contribution is 4.91. The fourth-order valence-electron chi connectivity index (χ4n) is 3.67. The van der Waals surface area contributed by atoms with Gasteiger partial charge in [0.15, 0.2) is 0 Å². The molecule has 2 aliphatic rings. The van der Waals surface area contributed by atoms with Crippen molar-refractivity contribution >= 4 is 0 Å². The van der Waals surface area contributed by atoms with E-state index in [-0.39, 0.29) is 11.7 Å². The van der Waals surface area contributed by atoms with Crippen molar-refractivity contribution in [1.29, 1.82) is 0 Å². The van der Waals surface area contributed by atoms with Gasteiger partial charge in [0.25, 0.3) is 0 Å². The van der Waals surface area contributed by atoms with Crippen LogP contribution in [0.1, 0.15) is 71.6 Å². The molecule has 2 fully saturated rings. The molecule has 0 radical (unpaired) electrons. The molecule has 0 amide bonds. The third kappa shape index (κ3) is 3.23. The molecular formula is C15H28O2. The van der Waals surface area contributed by atoms with Crippen LogP contribution in [0.25, 0.3) is 0 Å². The lowest BCUT2D eigenvalue weighted by Gasteiger charge is -2.34. The lowest BCUT2D eigenvalue weighted by molar-refractivity contribution is -0.0748. The lowest BCUT2D eigenvalue weighted by atomic mass is 9.83. The van der Waals surface area contributed by atoms with Crippen LogP contribution in [0.2, 0.25) is 0 Å². The Bertz CT molecular complexity index is 231. The molecule has 2 rings (SSSR count). The first kappa shape index (κ1) is 13.4. The van der Waals surface area contributed by atoms with Crippen molar-refractivity contribution in [2.24, 2.45) is 5.92 Å². The largest absolute Gasteiger partial charge is 0.393 e. The zero-order valence-electron chi connectivity index (χ0n) is 11.5. The highest BCUT2D eigenvalue weighted by atomic mass is 16.5. The normalized spacial score (nSPS) is 31.6. The summed E-state index contributed by atoms with van der Waals surface area (Å²) in [6.07, 6.45) is 11.4. The van der Waals surface area contributed by atoms with Gasteiger partial charge in [-0.25, -0.2) is 0 Å². The summed E-state index contributed by atoms with van der Waals surface area (Å²) in [5, 5.41) is 9.72. The fourth-order valence-corrected chi connectivity index (χ4v) is 3.67. The minimum Gasteiger partial charge on any atom is -0.393 e. The number of aliphatic hydroxyl groups excluding tert-OH is 1. The van der Waals surface area contributed by atoms with Gasteiger partial charge in [0, 0.05) is 0 Å². The molecule has 100 valence electrons. The van der Waals surface area contributed by atoms with Crippen LogP contribution in [0, 0.1) is 5.92 Å². The van der Waals surface area contributed by atoms with E-state index in [2.05, 4.69) is 6.92 Å². The molecule has 1 spiro atoms. The monoisotopic (exact) mass is 240 g/mol. The van der Waals surface area contributed by atoms with Crippen LogP contribution in [-0.2, 0) is 4.74 Å². The summed E-state index contributed by atoms with van der Waals surface area (Å²) in [5.74, 6) is 0.416. The average molecular weight is 240 g/mol. The van der Waals surface area contributed by atoms with Crippen molar-refractivity contribution < 1.29 is 9.84 Å². The topological polar surface area (TPSA) is 29.5 Å². The maximum Gasteiger partial charge on any atom is 0.0687 e. The molecule has 0 aromatic heterocycles. The summed E-state index contributed by atoms with van der Waals surface area (Å²) in [5.41, 5.74) is 0.236. The van der Waals surface area contributed by atoms with Gasteiger partial charge in [-0.1, -0.05) is 32.6 Å². The summed E-state index contributed by atoms with van der Waals surface area (Å²) < 4.78 is 6.36. The van der Waals surface area contributed by atoms with Crippen molar-refractivity contribution in [2.45, 2.75) is 89.4 Å². The van der Waals surface area contributed by atoms with E-state index < -0.39 is 0 Å². The number of aliphatic hydroxyl groups is 1. The Kier molecular flexibility index (Phi) is 4.48. The number of hydrogen-bond donors (Lipinski definition) is 1. The van der Waals surface area contributed by atoms with Crippen molar-refractivity contribution in [3.8, 4) is 0 Å². The van der Waals surface area contributed by atoms with E-state index >= 15 is 0 Å². The molecule has 3 unspecified atom stereocenters. The maximum atomic E-state index is 9.72. The standard InChI is InChI=1S/C15H28O2/c1-3-13(12(2)16)11-14-7-10-15(17-14)8-5-4-6-9-15/h12-14,16H,3-11H2,1-2H3. The minimum atomic E-state index is -0.188. The Morgan fingerprint density at radius 2 is 1.94 bits per heavy atom. The Labute approximate surface area is 106 Å². The molecule has 1 saturated heterocycles. The van der Waals surface area contributed by atoms with Crippen molar-refractivity contribution in [3.63, 3.8) is 0 Å². The second-order valence-corrected chi connectivity index (χ2v) is 6.17. The molecule has 0 aromatic carbocycles. The van der Waals surface area contributed by atoms with Crippen LogP contribution in [0.5, 0.6) is 0 Å². The van der Waals surface area contributed by atoms with E-state index in [0.29, 0.717) is 12.0 Å². The number of ether oxygens (including phenoxy) is 1. The highest BCUT2D eigenvalue weighted by Crippen LogP contribution is 2.43. The quantitative estimate of drug-likeness (QED) is 0.812. The van der Waals surface area contributed by atoms with Gasteiger partial charge in [0.1, 0.15) is 0 Å². The molecular weight excluding hydrogens is 212 g/mol. The van der Waals surface area contributed by atoms with Crippen LogP contribution in [0.4, 0.5) is 0 Å². The van der Waals surface area contributed by atoms with Crippen LogP contribution in [0.3, 0.4) is 0 Å². The van der Waals surface area contributed by atoms with E-state index in [1.54, 1.807) is 0 Å². The maximum absolute atomic E-state index is 9.72. The van der Waals surface area contributed by atoms with E-state index in [1.807, 2.05) is 6.92 Å². The molecule has 17 heavy (non-hydrogen) atoms. The molecule has 1 saturated carbocycles. The van der Waals surface area contributed by atoms with Crippen LogP contribution >= 0.6 is 0 Å². The number of hydrogen-bond acceptors (Lipinski definition) is 2. The van der Waals surface area contributed by atoms with Gasteiger partial charge in [-0.05, 0) is 44.9 Å². The lowest BCUT2D eigenvalue weighted by Crippen LogP contribution is -2.32. The second kappa shape index (κ2) is 5.71. The third-order valence-electron chi connectivity index (χ3n) is 4.88. The van der Waals surface area contributed by atoms with Crippen molar-refractivity contribution in [3.05, 3.63) is 0 Å². The first-order chi connectivity index (χ1) is 8.15. The molecule has 1 N–H and O–H groups in total. The first-order valence-corrected chi connectivity index (χ1v) is 7.51. The molecule has 0 aromatic rings. The second-order valence-electron chi connectivity index (χ2n) is 6.17. The molecule has 3 atom stereocenters. The molecule has 1 aliphatic heterocycles. The highest BCUT2D eigenvalue weighted by Gasteiger charge is 2.41. The van der Waals surface area contributed by atoms with Crippen molar-refractivity contribution in [2.75, 3.05) is 0 Å². The van der Waals surface area contributed by atoms with Gasteiger partial charge < -0.3 is 9.84 Å². The number of rotatable bonds is 4. The minimum absolute atomic E-state index is 0.188. The van der Waals surface area contributed by atoms with Crippen LogP contribution in [-0.4, -0.2) is 22.9 Å². The van der Waals surface area contributed by atoms with E-state index in [0.717, 1.165) is 12.8 Å². The first-order valence-electron chi connectivity index (χ1n) is 7.51. The van der Waals surface area contributed by atoms with Crippen molar-refractivity contribution in [1.82, 2.24) is 0 Å². The predicted molar refractivity (Wildman–Crippen MR) is 70.0 cm³/mol. The molecule has 0 bridgehead atoms. The van der Waals surface area contributed by atoms with E-state index in [1.165, 1.54) is 44.9 Å². The Morgan fingerprint density at radius 3 is 2.53 bits per heavy atom. The van der Waals surface area contributed by atoms with Crippen LogP contribution < -0.4 is 0 Å². The predicted octanol–water partition coefficient (Wildman–Crippen LogP) is 3.67. The van der Waals surface area contributed by atoms with Gasteiger partial charge >= 0.3 is 0 Å². The molecule has 2 heteroatoms. The summed E-state index contributed by atoms with van der Waals surface area (Å²) in [7, 11) is 0. The van der Waals surface area contributed by atoms with Crippen LogP contribution in [0.15, 0.2) is 0 Å². The van der Waals surface area contributed by atoms with Gasteiger partial charge in [-0.3, -0.25) is 0 Å².